The number of ether oxygens (including phenoxy) is 2. The highest BCUT2D eigenvalue weighted by Gasteiger charge is 2.09. The van der Waals surface area contributed by atoms with Gasteiger partial charge in [0.15, 0.2) is 0 Å². The molecule has 0 aliphatic heterocycles. The highest BCUT2D eigenvalue weighted by Crippen LogP contribution is 2.06. The number of esters is 2. The molecule has 112 valence electrons. The normalized spacial score (nSPS) is 13.7. The van der Waals surface area contributed by atoms with Crippen LogP contribution in [0.1, 0.15) is 59.8 Å². The van der Waals surface area contributed by atoms with Crippen molar-refractivity contribution in [1.82, 2.24) is 0 Å². The van der Waals surface area contributed by atoms with Crippen LogP contribution in [0.3, 0.4) is 0 Å². The second kappa shape index (κ2) is 10.8. The Labute approximate surface area is 116 Å². The zero-order valence-corrected chi connectivity index (χ0v) is 12.7. The van der Waals surface area contributed by atoms with Crippen LogP contribution in [0.15, 0.2) is 0 Å². The van der Waals surface area contributed by atoms with Gasteiger partial charge in [-0.1, -0.05) is 40.5 Å². The quantitative estimate of drug-likeness (QED) is 0.572. The van der Waals surface area contributed by atoms with E-state index in [2.05, 4.69) is 13.8 Å². The number of hydrogen-bond donors (Lipinski definition) is 0. The van der Waals surface area contributed by atoms with E-state index in [1.165, 1.54) is 0 Å². The van der Waals surface area contributed by atoms with Crippen LogP contribution in [0.2, 0.25) is 0 Å². The van der Waals surface area contributed by atoms with Gasteiger partial charge in [0.25, 0.3) is 0 Å². The number of rotatable bonds is 10. The zero-order valence-electron chi connectivity index (χ0n) is 12.7. The molecular weight excluding hydrogens is 244 g/mol. The Bertz CT molecular complexity index is 237. The van der Waals surface area contributed by atoms with Crippen LogP contribution < -0.4 is 0 Å². The molecule has 0 aliphatic rings. The molecule has 0 heterocycles. The Morgan fingerprint density at radius 1 is 0.842 bits per heavy atom. The van der Waals surface area contributed by atoms with Gasteiger partial charge in [0.2, 0.25) is 0 Å². The van der Waals surface area contributed by atoms with Gasteiger partial charge < -0.3 is 9.47 Å². The third kappa shape index (κ3) is 10.5. The molecule has 0 aromatic heterocycles. The Kier molecular flexibility index (Phi) is 10.2. The highest BCUT2D eigenvalue weighted by atomic mass is 16.5. The lowest BCUT2D eigenvalue weighted by atomic mass is 10.1. The minimum atomic E-state index is -0.227. The highest BCUT2D eigenvalue weighted by molar-refractivity contribution is 5.72. The average Bonchev–Trinajstić information content (AvgIpc) is 2.41. The van der Waals surface area contributed by atoms with Crippen molar-refractivity contribution in [2.45, 2.75) is 59.8 Å². The maximum Gasteiger partial charge on any atom is 0.305 e. The second-order valence-electron chi connectivity index (χ2n) is 5.25. The van der Waals surface area contributed by atoms with Gasteiger partial charge in [-0.2, -0.15) is 0 Å². The third-order valence-corrected chi connectivity index (χ3v) is 3.21. The molecule has 4 heteroatoms. The lowest BCUT2D eigenvalue weighted by molar-refractivity contribution is -0.146. The van der Waals surface area contributed by atoms with Crippen molar-refractivity contribution in [2.75, 3.05) is 13.2 Å². The van der Waals surface area contributed by atoms with Crippen LogP contribution in [0.25, 0.3) is 0 Å². The summed E-state index contributed by atoms with van der Waals surface area (Å²) in [5.41, 5.74) is 0. The maximum atomic E-state index is 11.4. The zero-order chi connectivity index (χ0) is 14.7. The van der Waals surface area contributed by atoms with Crippen LogP contribution in [-0.4, -0.2) is 25.2 Å². The molecule has 0 aromatic rings. The molecule has 0 spiro atoms. The molecule has 0 fully saturated rings. The fourth-order valence-electron chi connectivity index (χ4n) is 1.23. The summed E-state index contributed by atoms with van der Waals surface area (Å²) in [5.74, 6) is 0.332. The molecule has 0 saturated carbocycles. The van der Waals surface area contributed by atoms with Crippen molar-refractivity contribution in [2.24, 2.45) is 11.8 Å². The van der Waals surface area contributed by atoms with Gasteiger partial charge in [0, 0.05) is 12.8 Å². The van der Waals surface area contributed by atoms with E-state index >= 15 is 0 Å². The molecule has 0 rings (SSSR count). The summed E-state index contributed by atoms with van der Waals surface area (Å²) in [6.45, 7) is 9.14. The maximum absolute atomic E-state index is 11.4. The molecule has 0 saturated heterocycles. The van der Waals surface area contributed by atoms with Gasteiger partial charge in [-0.25, -0.2) is 0 Å². The predicted molar refractivity (Wildman–Crippen MR) is 74.7 cm³/mol. The number of carbonyl (C=O) groups is 2. The van der Waals surface area contributed by atoms with Crippen molar-refractivity contribution in [3.8, 4) is 0 Å². The molecule has 0 unspecified atom stereocenters. The summed E-state index contributed by atoms with van der Waals surface area (Å²) in [4.78, 5) is 22.8. The van der Waals surface area contributed by atoms with Gasteiger partial charge in [-0.15, -0.1) is 0 Å². The van der Waals surface area contributed by atoms with Gasteiger partial charge in [0.05, 0.1) is 13.2 Å². The van der Waals surface area contributed by atoms with Gasteiger partial charge >= 0.3 is 11.9 Å². The Balaban J connectivity index is 3.56. The average molecular weight is 272 g/mol. The van der Waals surface area contributed by atoms with E-state index in [-0.39, 0.29) is 24.8 Å². The first-order valence-corrected chi connectivity index (χ1v) is 7.30. The Morgan fingerprint density at radius 3 is 1.53 bits per heavy atom. The largest absolute Gasteiger partial charge is 0.465 e. The molecule has 0 amide bonds. The summed E-state index contributed by atoms with van der Waals surface area (Å²) in [7, 11) is 0. The second-order valence-corrected chi connectivity index (χ2v) is 5.25. The van der Waals surface area contributed by atoms with E-state index in [4.69, 9.17) is 9.47 Å². The minimum absolute atomic E-state index is 0.227. The SMILES string of the molecule is CC[C@@H](C)COC(=O)CCCC(=O)OC[C@H](C)CC. The Hall–Kier alpha value is -1.06. The predicted octanol–water partition coefficient (Wildman–Crippen LogP) is 3.34. The molecular formula is C15H28O4. The minimum Gasteiger partial charge on any atom is -0.465 e. The smallest absolute Gasteiger partial charge is 0.305 e. The first-order chi connectivity index (χ1) is 8.99. The summed E-state index contributed by atoms with van der Waals surface area (Å²) >= 11 is 0. The van der Waals surface area contributed by atoms with Crippen LogP contribution in [0, 0.1) is 11.8 Å². The van der Waals surface area contributed by atoms with Crippen molar-refractivity contribution in [3.05, 3.63) is 0 Å². The summed E-state index contributed by atoms with van der Waals surface area (Å²) < 4.78 is 10.2. The first-order valence-electron chi connectivity index (χ1n) is 7.30. The molecule has 2 atom stereocenters. The van der Waals surface area contributed by atoms with Crippen molar-refractivity contribution in [1.29, 1.82) is 0 Å². The van der Waals surface area contributed by atoms with E-state index in [0.717, 1.165) is 12.8 Å². The van der Waals surface area contributed by atoms with E-state index in [1.807, 2.05) is 13.8 Å². The summed E-state index contributed by atoms with van der Waals surface area (Å²) in [5, 5.41) is 0. The van der Waals surface area contributed by atoms with Crippen LogP contribution in [0.5, 0.6) is 0 Å². The van der Waals surface area contributed by atoms with Gasteiger partial charge in [-0.05, 0) is 18.3 Å². The van der Waals surface area contributed by atoms with Crippen LogP contribution in [0.4, 0.5) is 0 Å². The first kappa shape index (κ1) is 17.9. The van der Waals surface area contributed by atoms with Crippen molar-refractivity contribution < 1.29 is 19.1 Å². The monoisotopic (exact) mass is 272 g/mol. The van der Waals surface area contributed by atoms with Gasteiger partial charge in [0.1, 0.15) is 0 Å². The van der Waals surface area contributed by atoms with Crippen LogP contribution in [-0.2, 0) is 19.1 Å². The number of hydrogen-bond acceptors (Lipinski definition) is 4. The fourth-order valence-corrected chi connectivity index (χ4v) is 1.23. The molecule has 0 aromatic carbocycles. The van der Waals surface area contributed by atoms with E-state index in [1.54, 1.807) is 0 Å². The molecule has 4 nitrogen and oxygen atoms in total. The molecule has 0 radical (unpaired) electrons. The third-order valence-electron chi connectivity index (χ3n) is 3.21. The van der Waals surface area contributed by atoms with Gasteiger partial charge in [-0.3, -0.25) is 9.59 Å². The van der Waals surface area contributed by atoms with Crippen LogP contribution >= 0.6 is 0 Å². The standard InChI is InChI=1S/C15H28O4/c1-5-12(3)10-18-14(16)8-7-9-15(17)19-11-13(4)6-2/h12-13H,5-11H2,1-4H3/t12-,13-/m1/s1. The fraction of sp³-hybridized carbons (Fsp3) is 0.867. The van der Waals surface area contributed by atoms with Crippen molar-refractivity contribution in [3.63, 3.8) is 0 Å². The lowest BCUT2D eigenvalue weighted by Gasteiger charge is -2.10. The van der Waals surface area contributed by atoms with E-state index in [9.17, 15) is 9.59 Å². The van der Waals surface area contributed by atoms with Crippen molar-refractivity contribution >= 4 is 11.9 Å². The Morgan fingerprint density at radius 2 is 1.21 bits per heavy atom. The molecule has 0 N–H and O–H groups in total. The molecule has 0 bridgehead atoms. The molecule has 0 aliphatic carbocycles. The lowest BCUT2D eigenvalue weighted by Crippen LogP contribution is -2.13. The molecule has 19 heavy (non-hydrogen) atoms. The summed E-state index contributed by atoms with van der Waals surface area (Å²) in [6.07, 6.45) is 3.06. The topological polar surface area (TPSA) is 52.6 Å². The van der Waals surface area contributed by atoms with E-state index in [0.29, 0.717) is 31.5 Å². The van der Waals surface area contributed by atoms with E-state index < -0.39 is 0 Å². The summed E-state index contributed by atoms with van der Waals surface area (Å²) in [6, 6.07) is 0. The number of carbonyl (C=O) groups excluding carboxylic acids is 2.